The lowest BCUT2D eigenvalue weighted by Gasteiger charge is -2.08. The van der Waals surface area contributed by atoms with Gasteiger partial charge in [0, 0.05) is 5.56 Å². The van der Waals surface area contributed by atoms with Crippen molar-refractivity contribution in [1.29, 1.82) is 0 Å². The van der Waals surface area contributed by atoms with Crippen LogP contribution < -0.4 is 4.72 Å². The third kappa shape index (κ3) is 3.22. The van der Waals surface area contributed by atoms with Crippen molar-refractivity contribution >= 4 is 21.8 Å². The molecule has 8 heteroatoms. The Kier molecular flexibility index (Phi) is 4.27. The van der Waals surface area contributed by atoms with Gasteiger partial charge in [0.25, 0.3) is 10.0 Å². The number of carbonyl (C=O) groups excluding carboxylic acids is 1. The summed E-state index contributed by atoms with van der Waals surface area (Å²) in [4.78, 5) is 11.4. The number of nitrogens with one attached hydrogen (secondary N) is 2. The normalized spacial score (nSPS) is 11.1. The molecule has 0 saturated heterocycles. The number of ether oxygens (including phenoxy) is 1. The van der Waals surface area contributed by atoms with Crippen LogP contribution in [0.3, 0.4) is 0 Å². The van der Waals surface area contributed by atoms with Crippen LogP contribution in [0.2, 0.25) is 0 Å². The number of carbonyl (C=O) groups is 1. The number of aromatic amines is 1. The topological polar surface area (TPSA) is 101 Å². The number of H-pyrrole nitrogens is 1. The minimum Gasteiger partial charge on any atom is -0.465 e. The molecule has 0 unspecified atom stereocenters. The van der Waals surface area contributed by atoms with Crippen LogP contribution in [0.1, 0.15) is 22.8 Å². The van der Waals surface area contributed by atoms with Crippen molar-refractivity contribution in [3.63, 3.8) is 0 Å². The second-order valence-electron chi connectivity index (χ2n) is 4.25. The molecule has 21 heavy (non-hydrogen) atoms. The number of methoxy groups -OCH3 is 1. The Bertz CT molecular complexity index is 735. The van der Waals surface area contributed by atoms with Gasteiger partial charge in [-0.3, -0.25) is 9.82 Å². The van der Waals surface area contributed by atoms with Gasteiger partial charge in [0.2, 0.25) is 0 Å². The van der Waals surface area contributed by atoms with Crippen LogP contribution in [0.4, 0.5) is 5.82 Å². The van der Waals surface area contributed by atoms with Crippen LogP contribution in [0, 0.1) is 0 Å². The molecule has 112 valence electrons. The largest absolute Gasteiger partial charge is 0.465 e. The van der Waals surface area contributed by atoms with E-state index in [9.17, 15) is 13.2 Å². The maximum absolute atomic E-state index is 12.2. The Morgan fingerprint density at radius 2 is 2.00 bits per heavy atom. The first-order valence-corrected chi connectivity index (χ1v) is 7.69. The van der Waals surface area contributed by atoms with Crippen molar-refractivity contribution in [3.8, 4) is 0 Å². The molecule has 0 fully saturated rings. The van der Waals surface area contributed by atoms with Gasteiger partial charge >= 0.3 is 5.97 Å². The van der Waals surface area contributed by atoms with Crippen molar-refractivity contribution in [2.24, 2.45) is 0 Å². The zero-order valence-corrected chi connectivity index (χ0v) is 12.4. The van der Waals surface area contributed by atoms with Crippen LogP contribution >= 0.6 is 0 Å². The molecule has 0 aliphatic carbocycles. The molecular weight excluding hydrogens is 294 g/mol. The predicted molar refractivity (Wildman–Crippen MR) is 76.6 cm³/mol. The van der Waals surface area contributed by atoms with Gasteiger partial charge in [-0.1, -0.05) is 6.92 Å². The fourth-order valence-corrected chi connectivity index (χ4v) is 2.81. The molecule has 1 aromatic carbocycles. The first-order chi connectivity index (χ1) is 9.97. The number of esters is 1. The minimum absolute atomic E-state index is 0.0480. The summed E-state index contributed by atoms with van der Waals surface area (Å²) in [5.41, 5.74) is 1.05. The van der Waals surface area contributed by atoms with Crippen LogP contribution in [-0.2, 0) is 21.2 Å². The monoisotopic (exact) mass is 309 g/mol. The highest BCUT2D eigenvalue weighted by Crippen LogP contribution is 2.18. The number of hydrogen-bond acceptors (Lipinski definition) is 5. The molecule has 7 nitrogen and oxygen atoms in total. The first kappa shape index (κ1) is 15.0. The molecule has 2 aromatic rings. The van der Waals surface area contributed by atoms with E-state index in [-0.39, 0.29) is 10.5 Å². The maximum atomic E-state index is 12.2. The van der Waals surface area contributed by atoms with Crippen LogP contribution in [-0.4, -0.2) is 31.7 Å². The number of anilines is 1. The molecule has 2 N–H and O–H groups in total. The van der Waals surface area contributed by atoms with E-state index in [1.807, 2.05) is 6.92 Å². The summed E-state index contributed by atoms with van der Waals surface area (Å²) < 4.78 is 31.5. The summed E-state index contributed by atoms with van der Waals surface area (Å²) in [5.74, 6) is -0.178. The summed E-state index contributed by atoms with van der Waals surface area (Å²) >= 11 is 0. The van der Waals surface area contributed by atoms with Crippen molar-refractivity contribution in [2.45, 2.75) is 18.2 Å². The lowest BCUT2D eigenvalue weighted by Crippen LogP contribution is -2.14. The van der Waals surface area contributed by atoms with E-state index < -0.39 is 16.0 Å². The zero-order chi connectivity index (χ0) is 15.5. The fraction of sp³-hybridized carbons (Fsp3) is 0.231. The number of rotatable bonds is 5. The van der Waals surface area contributed by atoms with E-state index in [1.165, 1.54) is 31.4 Å². The van der Waals surface area contributed by atoms with E-state index >= 15 is 0 Å². The third-order valence-electron chi connectivity index (χ3n) is 2.92. The molecule has 0 amide bonds. The zero-order valence-electron chi connectivity index (χ0n) is 11.6. The van der Waals surface area contributed by atoms with Gasteiger partial charge in [-0.2, -0.15) is 5.10 Å². The van der Waals surface area contributed by atoms with E-state index in [1.54, 1.807) is 6.20 Å². The average Bonchev–Trinajstić information content (AvgIpc) is 2.93. The second kappa shape index (κ2) is 5.96. The van der Waals surface area contributed by atoms with Gasteiger partial charge in [-0.05, 0) is 30.7 Å². The summed E-state index contributed by atoms with van der Waals surface area (Å²) in [5, 5.41) is 6.41. The average molecular weight is 309 g/mol. The Labute approximate surface area is 122 Å². The number of nitrogens with zero attached hydrogens (tertiary/aromatic N) is 1. The lowest BCUT2D eigenvalue weighted by atomic mass is 10.2. The summed E-state index contributed by atoms with van der Waals surface area (Å²) in [6.45, 7) is 1.90. The van der Waals surface area contributed by atoms with Crippen LogP contribution in [0.5, 0.6) is 0 Å². The van der Waals surface area contributed by atoms with Crippen molar-refractivity contribution in [2.75, 3.05) is 11.8 Å². The molecular formula is C13H15N3O4S. The molecule has 1 heterocycles. The summed E-state index contributed by atoms with van der Waals surface area (Å²) in [7, 11) is -2.48. The Morgan fingerprint density at radius 3 is 2.57 bits per heavy atom. The Balaban J connectivity index is 2.25. The smallest absolute Gasteiger partial charge is 0.337 e. The fourth-order valence-electron chi connectivity index (χ4n) is 1.75. The van der Waals surface area contributed by atoms with Crippen LogP contribution in [0.15, 0.2) is 35.4 Å². The second-order valence-corrected chi connectivity index (χ2v) is 5.93. The van der Waals surface area contributed by atoms with E-state index in [2.05, 4.69) is 19.7 Å². The van der Waals surface area contributed by atoms with Gasteiger partial charge in [0.1, 0.15) is 5.82 Å². The number of aryl methyl sites for hydroxylation is 1. The lowest BCUT2D eigenvalue weighted by molar-refractivity contribution is 0.0600. The van der Waals surface area contributed by atoms with Gasteiger partial charge in [0.15, 0.2) is 0 Å². The predicted octanol–water partition coefficient (Wildman–Crippen LogP) is 1.56. The van der Waals surface area contributed by atoms with Crippen molar-refractivity contribution in [1.82, 2.24) is 10.2 Å². The molecule has 0 bridgehead atoms. The van der Waals surface area contributed by atoms with Crippen molar-refractivity contribution < 1.29 is 17.9 Å². The highest BCUT2D eigenvalue weighted by atomic mass is 32.2. The SMILES string of the molecule is CCc1cn[nH]c1NS(=O)(=O)c1ccc(C(=O)OC)cc1. The highest BCUT2D eigenvalue weighted by molar-refractivity contribution is 7.92. The van der Waals surface area contributed by atoms with Gasteiger partial charge < -0.3 is 4.74 Å². The van der Waals surface area contributed by atoms with E-state index in [4.69, 9.17) is 0 Å². The number of benzene rings is 1. The molecule has 0 spiro atoms. The third-order valence-corrected chi connectivity index (χ3v) is 4.29. The first-order valence-electron chi connectivity index (χ1n) is 6.21. The highest BCUT2D eigenvalue weighted by Gasteiger charge is 2.17. The molecule has 0 aliphatic heterocycles. The van der Waals surface area contributed by atoms with E-state index in [0.29, 0.717) is 12.2 Å². The molecule has 0 radical (unpaired) electrons. The molecule has 0 aliphatic rings. The standard InChI is InChI=1S/C13H15N3O4S/c1-3-9-8-14-15-12(9)16-21(18,19)11-6-4-10(5-7-11)13(17)20-2/h4-8H,3H2,1-2H3,(H2,14,15,16). The number of hydrogen-bond donors (Lipinski definition) is 2. The van der Waals surface area contributed by atoms with Gasteiger partial charge in [-0.15, -0.1) is 0 Å². The Morgan fingerprint density at radius 1 is 1.33 bits per heavy atom. The number of sulfonamides is 1. The number of aromatic nitrogens is 2. The quantitative estimate of drug-likeness (QED) is 0.816. The summed E-state index contributed by atoms with van der Waals surface area (Å²) in [6, 6.07) is 5.48. The van der Waals surface area contributed by atoms with Gasteiger partial charge in [-0.25, -0.2) is 13.2 Å². The minimum atomic E-state index is -3.74. The molecule has 0 atom stereocenters. The van der Waals surface area contributed by atoms with E-state index in [0.717, 1.165) is 5.56 Å². The molecule has 2 rings (SSSR count). The van der Waals surface area contributed by atoms with Crippen LogP contribution in [0.25, 0.3) is 0 Å². The van der Waals surface area contributed by atoms with Crippen molar-refractivity contribution in [3.05, 3.63) is 41.6 Å². The summed E-state index contributed by atoms with van der Waals surface area (Å²) in [6.07, 6.45) is 2.22. The molecule has 1 aromatic heterocycles. The molecule has 0 saturated carbocycles. The van der Waals surface area contributed by atoms with Gasteiger partial charge in [0.05, 0.1) is 23.8 Å². The Hall–Kier alpha value is -2.35. The maximum Gasteiger partial charge on any atom is 0.337 e.